The predicted octanol–water partition coefficient (Wildman–Crippen LogP) is 4.61. The van der Waals surface area contributed by atoms with Gasteiger partial charge in [-0.3, -0.25) is 9.48 Å². The first-order valence-electron chi connectivity index (χ1n) is 7.92. The topological polar surface area (TPSA) is 51.0 Å². The molecule has 0 fully saturated rings. The van der Waals surface area contributed by atoms with E-state index in [2.05, 4.69) is 10.1 Å². The van der Waals surface area contributed by atoms with Gasteiger partial charge in [-0.2, -0.15) is 9.49 Å². The van der Waals surface area contributed by atoms with Crippen molar-refractivity contribution in [1.29, 1.82) is 0 Å². The number of anilines is 1. The molecule has 1 aliphatic heterocycles. The van der Waals surface area contributed by atoms with Gasteiger partial charge < -0.3 is 4.90 Å². The minimum Gasteiger partial charge on any atom is -0.305 e. The van der Waals surface area contributed by atoms with E-state index in [4.69, 9.17) is 23.2 Å². The van der Waals surface area contributed by atoms with Crippen LogP contribution in [0.15, 0.2) is 42.7 Å². The molecule has 0 saturated carbocycles. The van der Waals surface area contributed by atoms with E-state index >= 15 is 0 Å². The van der Waals surface area contributed by atoms with Crippen molar-refractivity contribution in [1.82, 2.24) is 14.8 Å². The zero-order valence-corrected chi connectivity index (χ0v) is 15.2. The van der Waals surface area contributed by atoms with Crippen LogP contribution in [0.4, 0.5) is 10.1 Å². The maximum absolute atomic E-state index is 13.5. The molecule has 8 heteroatoms. The second-order valence-electron chi connectivity index (χ2n) is 6.08. The number of hydrogen-bond donors (Lipinski definition) is 0. The second-order valence-corrected chi connectivity index (χ2v) is 6.90. The Labute approximate surface area is 159 Å². The van der Waals surface area contributed by atoms with Crippen LogP contribution in [0.2, 0.25) is 10.0 Å². The third kappa shape index (κ3) is 2.75. The van der Waals surface area contributed by atoms with Gasteiger partial charge in [-0.05, 0) is 36.8 Å². The number of nitrogens with zero attached hydrogens (tertiary/aromatic N) is 4. The number of hydrogen-bond acceptors (Lipinski definition) is 3. The summed E-state index contributed by atoms with van der Waals surface area (Å²) in [6, 6.07) is 7.94. The second kappa shape index (κ2) is 6.37. The molecule has 1 aromatic carbocycles. The van der Waals surface area contributed by atoms with E-state index in [0.29, 0.717) is 39.1 Å². The number of carbonyl (C=O) groups excluding carboxylic acids is 1. The summed E-state index contributed by atoms with van der Waals surface area (Å²) in [5.41, 5.74) is 2.17. The lowest BCUT2D eigenvalue weighted by atomic mass is 10.0. The van der Waals surface area contributed by atoms with E-state index < -0.39 is 5.95 Å². The van der Waals surface area contributed by atoms with Gasteiger partial charge >= 0.3 is 0 Å². The molecule has 0 aliphatic carbocycles. The number of fused-ring (bicyclic) bond motifs is 1. The maximum Gasteiger partial charge on any atom is 0.277 e. The van der Waals surface area contributed by atoms with Crippen molar-refractivity contribution in [2.75, 3.05) is 11.4 Å². The average molecular weight is 391 g/mol. The molecule has 1 aliphatic rings. The van der Waals surface area contributed by atoms with Gasteiger partial charge in [0.25, 0.3) is 5.91 Å². The third-order valence-corrected chi connectivity index (χ3v) is 5.10. The first-order valence-corrected chi connectivity index (χ1v) is 8.67. The molecule has 3 aromatic rings. The fourth-order valence-electron chi connectivity index (χ4n) is 3.12. The monoisotopic (exact) mass is 390 g/mol. The fourth-order valence-corrected chi connectivity index (χ4v) is 3.41. The Morgan fingerprint density at radius 3 is 2.73 bits per heavy atom. The Balaban J connectivity index is 1.82. The Morgan fingerprint density at radius 2 is 2.00 bits per heavy atom. The Morgan fingerprint density at radius 1 is 1.19 bits per heavy atom. The largest absolute Gasteiger partial charge is 0.305 e. The molecule has 1 amide bonds. The van der Waals surface area contributed by atoms with Crippen molar-refractivity contribution < 1.29 is 9.18 Å². The Bertz CT molecular complexity index is 1020. The van der Waals surface area contributed by atoms with Crippen LogP contribution in [-0.4, -0.2) is 27.2 Å². The van der Waals surface area contributed by atoms with Crippen LogP contribution < -0.4 is 4.90 Å². The van der Waals surface area contributed by atoms with E-state index in [1.165, 1.54) is 12.3 Å². The van der Waals surface area contributed by atoms with Crippen LogP contribution >= 0.6 is 23.2 Å². The van der Waals surface area contributed by atoms with E-state index in [0.717, 1.165) is 0 Å². The SMILES string of the molecule is CC1CN(c2ccc(Cl)c(Cl)c2)C(=O)c2c(-c3ccnc(F)c3)cnn21. The van der Waals surface area contributed by atoms with E-state index in [-0.39, 0.29) is 11.9 Å². The van der Waals surface area contributed by atoms with Crippen molar-refractivity contribution in [3.05, 3.63) is 64.4 Å². The minimum absolute atomic E-state index is 0.0578. The highest BCUT2D eigenvalue weighted by Gasteiger charge is 2.34. The molecule has 1 atom stereocenters. The average Bonchev–Trinajstić information content (AvgIpc) is 3.06. The lowest BCUT2D eigenvalue weighted by Gasteiger charge is -2.32. The number of carbonyl (C=O) groups is 1. The summed E-state index contributed by atoms with van der Waals surface area (Å²) in [4.78, 5) is 18.4. The number of pyridine rings is 1. The Kier molecular flexibility index (Phi) is 4.17. The van der Waals surface area contributed by atoms with Crippen LogP contribution in [0.3, 0.4) is 0 Å². The molecule has 4 rings (SSSR count). The highest BCUT2D eigenvalue weighted by Crippen LogP contribution is 2.34. The molecule has 26 heavy (non-hydrogen) atoms. The van der Waals surface area contributed by atoms with Gasteiger partial charge in [-0.1, -0.05) is 23.2 Å². The number of aromatic nitrogens is 3. The lowest BCUT2D eigenvalue weighted by molar-refractivity contribution is 0.0954. The molecule has 0 bridgehead atoms. The van der Waals surface area contributed by atoms with Gasteiger partial charge in [-0.15, -0.1) is 0 Å². The van der Waals surface area contributed by atoms with E-state index in [9.17, 15) is 9.18 Å². The highest BCUT2D eigenvalue weighted by atomic mass is 35.5. The zero-order chi connectivity index (χ0) is 18.4. The van der Waals surface area contributed by atoms with Crippen molar-refractivity contribution in [3.63, 3.8) is 0 Å². The van der Waals surface area contributed by atoms with Gasteiger partial charge in [0, 0.05) is 30.1 Å². The van der Waals surface area contributed by atoms with Crippen LogP contribution in [0, 0.1) is 5.95 Å². The molecule has 0 radical (unpaired) electrons. The maximum atomic E-state index is 13.5. The number of rotatable bonds is 2. The van der Waals surface area contributed by atoms with Gasteiger partial charge in [0.1, 0.15) is 5.69 Å². The predicted molar refractivity (Wildman–Crippen MR) is 98.3 cm³/mol. The van der Waals surface area contributed by atoms with Gasteiger partial charge in [0.05, 0.1) is 22.3 Å². The normalized spacial score (nSPS) is 16.7. The molecule has 132 valence electrons. The zero-order valence-electron chi connectivity index (χ0n) is 13.7. The molecule has 2 aromatic heterocycles. The molecule has 0 spiro atoms. The smallest absolute Gasteiger partial charge is 0.277 e. The van der Waals surface area contributed by atoms with Crippen molar-refractivity contribution in [2.24, 2.45) is 0 Å². The van der Waals surface area contributed by atoms with Crippen molar-refractivity contribution in [3.8, 4) is 11.1 Å². The van der Waals surface area contributed by atoms with Crippen LogP contribution in [0.1, 0.15) is 23.5 Å². The minimum atomic E-state index is -0.611. The summed E-state index contributed by atoms with van der Waals surface area (Å²) in [7, 11) is 0. The van der Waals surface area contributed by atoms with Crippen LogP contribution in [0.25, 0.3) is 11.1 Å². The van der Waals surface area contributed by atoms with Crippen molar-refractivity contribution in [2.45, 2.75) is 13.0 Å². The van der Waals surface area contributed by atoms with Crippen LogP contribution in [0.5, 0.6) is 0 Å². The van der Waals surface area contributed by atoms with E-state index in [1.54, 1.807) is 40.0 Å². The first kappa shape index (κ1) is 17.0. The van der Waals surface area contributed by atoms with E-state index in [1.807, 2.05) is 6.92 Å². The number of benzene rings is 1. The van der Waals surface area contributed by atoms with Gasteiger partial charge in [0.2, 0.25) is 5.95 Å². The molecule has 5 nitrogen and oxygen atoms in total. The highest BCUT2D eigenvalue weighted by molar-refractivity contribution is 6.42. The quantitative estimate of drug-likeness (QED) is 0.600. The van der Waals surface area contributed by atoms with Gasteiger partial charge in [0.15, 0.2) is 0 Å². The summed E-state index contributed by atoms with van der Waals surface area (Å²) in [6.07, 6.45) is 2.94. The number of amides is 1. The number of halogens is 3. The molecular formula is C18H13Cl2FN4O. The molecule has 3 heterocycles. The summed E-state index contributed by atoms with van der Waals surface area (Å²) in [6.45, 7) is 2.40. The van der Waals surface area contributed by atoms with Crippen LogP contribution in [-0.2, 0) is 0 Å². The molecule has 0 N–H and O–H groups in total. The standard InChI is InChI=1S/C18H13Cl2FN4O/c1-10-9-24(12-2-3-14(19)15(20)7-12)18(26)17-13(8-23-25(10)17)11-4-5-22-16(21)6-11/h2-8,10H,9H2,1H3. The summed E-state index contributed by atoms with van der Waals surface area (Å²) < 4.78 is 15.2. The van der Waals surface area contributed by atoms with Gasteiger partial charge in [-0.25, -0.2) is 4.98 Å². The Hall–Kier alpha value is -2.44. The fraction of sp³-hybridized carbons (Fsp3) is 0.167. The third-order valence-electron chi connectivity index (χ3n) is 4.36. The summed E-state index contributed by atoms with van der Waals surface area (Å²) in [5, 5.41) is 5.13. The molecule has 0 saturated heterocycles. The molecule has 1 unspecified atom stereocenters. The van der Waals surface area contributed by atoms with Crippen molar-refractivity contribution >= 4 is 34.8 Å². The lowest BCUT2D eigenvalue weighted by Crippen LogP contribution is -2.42. The summed E-state index contributed by atoms with van der Waals surface area (Å²) >= 11 is 12.1. The molecular weight excluding hydrogens is 378 g/mol. The summed E-state index contributed by atoms with van der Waals surface area (Å²) in [5.74, 6) is -0.841. The first-order chi connectivity index (χ1) is 12.5.